The van der Waals surface area contributed by atoms with E-state index in [0.717, 1.165) is 9.13 Å². The van der Waals surface area contributed by atoms with Gasteiger partial charge >= 0.3 is 5.97 Å². The van der Waals surface area contributed by atoms with Crippen LogP contribution in [-0.4, -0.2) is 34.7 Å². The van der Waals surface area contributed by atoms with Gasteiger partial charge in [0.05, 0.1) is 5.56 Å². The van der Waals surface area contributed by atoms with Gasteiger partial charge in [-0.25, -0.2) is 4.79 Å². The predicted molar refractivity (Wildman–Crippen MR) is 74.5 cm³/mol. The molecular formula is C12H14INO4. The molecule has 1 aromatic carbocycles. The third kappa shape index (κ3) is 3.67. The lowest BCUT2D eigenvalue weighted by Gasteiger charge is -2.14. The highest BCUT2D eigenvalue weighted by Crippen LogP contribution is 2.16. The fourth-order valence-corrected chi connectivity index (χ4v) is 2.05. The van der Waals surface area contributed by atoms with E-state index in [1.165, 1.54) is 0 Å². The number of aliphatic hydroxyl groups is 1. The Morgan fingerprint density at radius 3 is 2.67 bits per heavy atom. The van der Waals surface area contributed by atoms with Crippen LogP contribution >= 0.6 is 22.6 Å². The van der Waals surface area contributed by atoms with Gasteiger partial charge in [-0.05, 0) is 41.1 Å². The fourth-order valence-electron chi connectivity index (χ4n) is 1.45. The number of benzene rings is 1. The molecule has 0 spiro atoms. The molecule has 1 aromatic rings. The van der Waals surface area contributed by atoms with Gasteiger partial charge in [0.1, 0.15) is 6.04 Å². The molecule has 0 heterocycles. The van der Waals surface area contributed by atoms with E-state index in [1.807, 2.05) is 35.6 Å². The third-order valence-corrected chi connectivity index (χ3v) is 3.89. The van der Waals surface area contributed by atoms with Gasteiger partial charge < -0.3 is 15.5 Å². The zero-order valence-corrected chi connectivity index (χ0v) is 12.0. The second-order valence-corrected chi connectivity index (χ2v) is 4.89. The molecule has 0 radical (unpaired) electrons. The molecule has 0 saturated carbocycles. The number of nitrogens with one attached hydrogen (secondary N) is 1. The van der Waals surface area contributed by atoms with E-state index in [9.17, 15) is 9.59 Å². The monoisotopic (exact) mass is 363 g/mol. The van der Waals surface area contributed by atoms with Crippen molar-refractivity contribution in [2.75, 3.05) is 6.61 Å². The molecule has 0 bridgehead atoms. The third-order valence-electron chi connectivity index (χ3n) is 2.46. The number of hydrogen-bond acceptors (Lipinski definition) is 3. The summed E-state index contributed by atoms with van der Waals surface area (Å²) in [5.41, 5.74) is 1.40. The number of aliphatic carboxylic acids is 1. The summed E-state index contributed by atoms with van der Waals surface area (Å²) in [6, 6.07) is 4.19. The van der Waals surface area contributed by atoms with Crippen LogP contribution in [0.1, 0.15) is 22.3 Å². The van der Waals surface area contributed by atoms with Crippen molar-refractivity contribution < 1.29 is 19.8 Å². The van der Waals surface area contributed by atoms with Gasteiger partial charge in [0, 0.05) is 16.6 Å². The van der Waals surface area contributed by atoms with Crippen LogP contribution in [0.25, 0.3) is 0 Å². The van der Waals surface area contributed by atoms with E-state index >= 15 is 0 Å². The average Bonchev–Trinajstić information content (AvgIpc) is 2.31. The molecule has 1 rings (SSSR count). The van der Waals surface area contributed by atoms with Crippen molar-refractivity contribution in [3.8, 4) is 0 Å². The quantitative estimate of drug-likeness (QED) is 0.686. The Kier molecular flexibility index (Phi) is 5.54. The number of aryl methyl sites for hydroxylation is 1. The number of halogens is 1. The first-order valence-electron chi connectivity index (χ1n) is 5.37. The Labute approximate surface area is 118 Å². The molecule has 0 unspecified atom stereocenters. The molecule has 1 amide bonds. The molecule has 98 valence electrons. The summed E-state index contributed by atoms with van der Waals surface area (Å²) in [7, 11) is 0. The van der Waals surface area contributed by atoms with Gasteiger partial charge in [0.15, 0.2) is 0 Å². The van der Waals surface area contributed by atoms with E-state index in [2.05, 4.69) is 5.32 Å². The normalized spacial score (nSPS) is 11.9. The number of hydrogen-bond donors (Lipinski definition) is 3. The zero-order chi connectivity index (χ0) is 13.7. The summed E-state index contributed by atoms with van der Waals surface area (Å²) < 4.78 is 0.792. The summed E-state index contributed by atoms with van der Waals surface area (Å²) in [6.45, 7) is 1.59. The van der Waals surface area contributed by atoms with Crippen molar-refractivity contribution in [1.29, 1.82) is 0 Å². The van der Waals surface area contributed by atoms with Gasteiger partial charge in [-0.15, -0.1) is 0 Å². The molecule has 0 saturated heterocycles. The van der Waals surface area contributed by atoms with Crippen LogP contribution < -0.4 is 5.32 Å². The van der Waals surface area contributed by atoms with Crippen LogP contribution in [0, 0.1) is 10.5 Å². The van der Waals surface area contributed by atoms with Crippen molar-refractivity contribution in [2.24, 2.45) is 0 Å². The highest BCUT2D eigenvalue weighted by atomic mass is 127. The van der Waals surface area contributed by atoms with Crippen molar-refractivity contribution in [1.82, 2.24) is 5.32 Å². The van der Waals surface area contributed by atoms with E-state index in [0.29, 0.717) is 5.56 Å². The Bertz CT molecular complexity index is 461. The lowest BCUT2D eigenvalue weighted by molar-refractivity contribution is -0.139. The number of rotatable bonds is 5. The molecule has 3 N–H and O–H groups in total. The largest absolute Gasteiger partial charge is 0.480 e. The first kappa shape index (κ1) is 14.9. The summed E-state index contributed by atoms with van der Waals surface area (Å²) in [5, 5.41) is 20.0. The van der Waals surface area contributed by atoms with Gasteiger partial charge in [-0.1, -0.05) is 12.1 Å². The molecule has 0 aliphatic carbocycles. The molecular weight excluding hydrogens is 349 g/mol. The highest BCUT2D eigenvalue weighted by molar-refractivity contribution is 14.1. The minimum absolute atomic E-state index is 0.0104. The van der Waals surface area contributed by atoms with E-state index in [4.69, 9.17) is 10.2 Å². The lowest BCUT2D eigenvalue weighted by Crippen LogP contribution is -2.41. The molecule has 18 heavy (non-hydrogen) atoms. The number of aliphatic hydroxyl groups excluding tert-OH is 1. The number of carbonyl (C=O) groups is 2. The molecule has 1 atom stereocenters. The molecule has 0 aromatic heterocycles. The average molecular weight is 363 g/mol. The van der Waals surface area contributed by atoms with Crippen LogP contribution in [0.2, 0.25) is 0 Å². The van der Waals surface area contributed by atoms with Crippen molar-refractivity contribution in [3.05, 3.63) is 32.9 Å². The summed E-state index contributed by atoms with van der Waals surface area (Å²) in [6.07, 6.45) is -0.0104. The van der Waals surface area contributed by atoms with Crippen molar-refractivity contribution in [2.45, 2.75) is 19.4 Å². The molecule has 0 fully saturated rings. The molecule has 0 aliphatic rings. The Hall–Kier alpha value is -1.15. The van der Waals surface area contributed by atoms with Crippen molar-refractivity contribution >= 4 is 34.5 Å². The first-order valence-corrected chi connectivity index (χ1v) is 6.45. The van der Waals surface area contributed by atoms with Gasteiger partial charge in [-0.3, -0.25) is 4.79 Å². The number of amides is 1. The van der Waals surface area contributed by atoms with Crippen LogP contribution in [0.3, 0.4) is 0 Å². The fraction of sp³-hybridized carbons (Fsp3) is 0.333. The molecule has 6 heteroatoms. The maximum atomic E-state index is 11.9. The van der Waals surface area contributed by atoms with Gasteiger partial charge in [0.2, 0.25) is 0 Å². The number of carboxylic acid groups (broad SMARTS) is 1. The van der Waals surface area contributed by atoms with E-state index in [1.54, 1.807) is 12.1 Å². The SMILES string of the molecule is Cc1cccc(C(=O)N[C@H](CCO)C(=O)O)c1I. The smallest absolute Gasteiger partial charge is 0.326 e. The standard InChI is InChI=1S/C12H14INO4/c1-7-3-2-4-8(10(7)13)11(16)14-9(5-6-15)12(17)18/h2-4,9,15H,5-6H2,1H3,(H,14,16)(H,17,18)/t9-/m1/s1. The Morgan fingerprint density at radius 1 is 1.44 bits per heavy atom. The Morgan fingerprint density at radius 2 is 2.11 bits per heavy atom. The van der Waals surface area contributed by atoms with E-state index in [-0.39, 0.29) is 13.0 Å². The lowest BCUT2D eigenvalue weighted by atomic mass is 10.1. The van der Waals surface area contributed by atoms with Crippen LogP contribution in [-0.2, 0) is 4.79 Å². The van der Waals surface area contributed by atoms with Crippen LogP contribution in [0.4, 0.5) is 0 Å². The van der Waals surface area contributed by atoms with Gasteiger partial charge in [-0.2, -0.15) is 0 Å². The summed E-state index contributed by atoms with van der Waals surface area (Å²) in [5.74, 6) is -1.59. The van der Waals surface area contributed by atoms with Crippen LogP contribution in [0.5, 0.6) is 0 Å². The Balaban J connectivity index is 2.87. The van der Waals surface area contributed by atoms with Gasteiger partial charge in [0.25, 0.3) is 5.91 Å². The minimum atomic E-state index is -1.15. The minimum Gasteiger partial charge on any atom is -0.480 e. The topological polar surface area (TPSA) is 86.6 Å². The predicted octanol–water partition coefficient (Wildman–Crippen LogP) is 1.17. The van der Waals surface area contributed by atoms with Crippen LogP contribution in [0.15, 0.2) is 18.2 Å². The number of carboxylic acids is 1. The second kappa shape index (κ2) is 6.69. The maximum Gasteiger partial charge on any atom is 0.326 e. The zero-order valence-electron chi connectivity index (χ0n) is 9.81. The highest BCUT2D eigenvalue weighted by Gasteiger charge is 2.21. The maximum absolute atomic E-state index is 11.9. The van der Waals surface area contributed by atoms with E-state index < -0.39 is 17.9 Å². The van der Waals surface area contributed by atoms with Crippen molar-refractivity contribution in [3.63, 3.8) is 0 Å². The summed E-state index contributed by atoms with van der Waals surface area (Å²) >= 11 is 2.05. The summed E-state index contributed by atoms with van der Waals surface area (Å²) in [4.78, 5) is 22.8. The second-order valence-electron chi connectivity index (χ2n) is 3.81. The molecule has 5 nitrogen and oxygen atoms in total. The molecule has 0 aliphatic heterocycles. The first-order chi connectivity index (χ1) is 8.47. The number of carbonyl (C=O) groups excluding carboxylic acids is 1.